The smallest absolute Gasteiger partial charge is 0.195 e. The number of hydrogen-bond acceptors (Lipinski definition) is 3. The van der Waals surface area contributed by atoms with Crippen molar-refractivity contribution < 1.29 is 4.79 Å². The number of hydrogen-bond donors (Lipinski definition) is 0. The lowest BCUT2D eigenvalue weighted by atomic mass is 10.1. The molecule has 2 nitrogen and oxygen atoms in total. The maximum atomic E-state index is 11.8. The molecule has 0 fully saturated rings. The fourth-order valence-corrected chi connectivity index (χ4v) is 2.42. The SMILES string of the molecule is O=C(c1cccnc1)c1csc(I)c1. The number of thiophene rings is 1. The van der Waals surface area contributed by atoms with Crippen molar-refractivity contribution in [2.75, 3.05) is 0 Å². The average molecular weight is 315 g/mol. The zero-order valence-electron chi connectivity index (χ0n) is 7.11. The summed E-state index contributed by atoms with van der Waals surface area (Å²) in [5.74, 6) is 0.0391. The Hall–Kier alpha value is -0.750. The van der Waals surface area contributed by atoms with Gasteiger partial charge in [0.2, 0.25) is 0 Å². The van der Waals surface area contributed by atoms with Crippen LogP contribution in [-0.2, 0) is 0 Å². The number of carbonyl (C=O) groups is 1. The van der Waals surface area contributed by atoms with Gasteiger partial charge in [0.25, 0.3) is 0 Å². The minimum Gasteiger partial charge on any atom is -0.289 e. The number of rotatable bonds is 2. The first-order valence-corrected chi connectivity index (χ1v) is 5.92. The molecule has 0 aliphatic rings. The van der Waals surface area contributed by atoms with E-state index in [9.17, 15) is 4.79 Å². The van der Waals surface area contributed by atoms with Gasteiger partial charge in [-0.1, -0.05) is 0 Å². The summed E-state index contributed by atoms with van der Waals surface area (Å²) in [5, 5.41) is 1.87. The van der Waals surface area contributed by atoms with Gasteiger partial charge in [-0.05, 0) is 40.8 Å². The Morgan fingerprint density at radius 1 is 1.43 bits per heavy atom. The minimum absolute atomic E-state index is 0.0391. The van der Waals surface area contributed by atoms with Crippen LogP contribution in [0.3, 0.4) is 0 Å². The number of carbonyl (C=O) groups excluding carboxylic acids is 1. The molecule has 0 spiro atoms. The molecule has 0 saturated carbocycles. The molecular formula is C10H6INOS. The van der Waals surface area contributed by atoms with Gasteiger partial charge in [0.15, 0.2) is 5.78 Å². The van der Waals surface area contributed by atoms with Crippen molar-refractivity contribution in [2.24, 2.45) is 0 Å². The first-order chi connectivity index (χ1) is 6.77. The van der Waals surface area contributed by atoms with Crippen molar-refractivity contribution in [3.05, 3.63) is 50.0 Å². The molecule has 2 heterocycles. The zero-order valence-corrected chi connectivity index (χ0v) is 10.1. The highest BCUT2D eigenvalue weighted by Gasteiger charge is 2.10. The van der Waals surface area contributed by atoms with Gasteiger partial charge >= 0.3 is 0 Å². The summed E-state index contributed by atoms with van der Waals surface area (Å²) >= 11 is 3.78. The Kier molecular flexibility index (Phi) is 2.93. The van der Waals surface area contributed by atoms with Crippen molar-refractivity contribution in [2.45, 2.75) is 0 Å². The van der Waals surface area contributed by atoms with Crippen LogP contribution in [0.1, 0.15) is 15.9 Å². The van der Waals surface area contributed by atoms with E-state index in [2.05, 4.69) is 27.6 Å². The van der Waals surface area contributed by atoms with Gasteiger partial charge in [0, 0.05) is 28.9 Å². The van der Waals surface area contributed by atoms with Crippen molar-refractivity contribution >= 4 is 39.7 Å². The molecule has 2 aromatic rings. The molecule has 0 amide bonds. The predicted octanol–water partition coefficient (Wildman–Crippen LogP) is 2.98. The van der Waals surface area contributed by atoms with Crippen LogP contribution in [0.15, 0.2) is 36.0 Å². The number of nitrogens with zero attached hydrogens (tertiary/aromatic N) is 1. The van der Waals surface area contributed by atoms with Gasteiger partial charge in [0.1, 0.15) is 0 Å². The van der Waals surface area contributed by atoms with Crippen LogP contribution in [0, 0.1) is 2.88 Å². The van der Waals surface area contributed by atoms with Crippen molar-refractivity contribution in [3.8, 4) is 0 Å². The Morgan fingerprint density at radius 3 is 2.86 bits per heavy atom. The van der Waals surface area contributed by atoms with Crippen LogP contribution in [-0.4, -0.2) is 10.8 Å². The van der Waals surface area contributed by atoms with E-state index in [4.69, 9.17) is 0 Å². The normalized spacial score (nSPS) is 10.1. The van der Waals surface area contributed by atoms with Gasteiger partial charge in [-0.3, -0.25) is 9.78 Å². The maximum Gasteiger partial charge on any atom is 0.195 e. The summed E-state index contributed by atoms with van der Waals surface area (Å²) in [6, 6.07) is 5.44. The van der Waals surface area contributed by atoms with Crippen LogP contribution < -0.4 is 0 Å². The molecule has 0 unspecified atom stereocenters. The molecule has 0 N–H and O–H groups in total. The minimum atomic E-state index is 0.0391. The van der Waals surface area contributed by atoms with E-state index in [1.54, 1.807) is 35.9 Å². The van der Waals surface area contributed by atoms with E-state index < -0.39 is 0 Å². The molecule has 2 rings (SSSR count). The predicted molar refractivity (Wildman–Crippen MR) is 64.7 cm³/mol. The fraction of sp³-hybridized carbons (Fsp3) is 0. The standard InChI is InChI=1S/C10H6INOS/c11-9-4-8(6-14-9)10(13)7-2-1-3-12-5-7/h1-6H. The number of pyridine rings is 1. The molecule has 70 valence electrons. The highest BCUT2D eigenvalue weighted by Crippen LogP contribution is 2.19. The molecule has 0 saturated heterocycles. The molecule has 2 aromatic heterocycles. The summed E-state index contributed by atoms with van der Waals surface area (Å²) in [5.41, 5.74) is 1.38. The largest absolute Gasteiger partial charge is 0.289 e. The lowest BCUT2D eigenvalue weighted by Crippen LogP contribution is -1.99. The molecule has 0 radical (unpaired) electrons. The second-order valence-electron chi connectivity index (χ2n) is 2.71. The Morgan fingerprint density at radius 2 is 2.29 bits per heavy atom. The van der Waals surface area contributed by atoms with Crippen LogP contribution in [0.5, 0.6) is 0 Å². The van der Waals surface area contributed by atoms with Gasteiger partial charge in [-0.25, -0.2) is 0 Å². The van der Waals surface area contributed by atoms with E-state index in [0.717, 1.165) is 8.45 Å². The average Bonchev–Trinajstić information content (AvgIpc) is 2.65. The Bertz CT molecular complexity index is 452. The summed E-state index contributed by atoms with van der Waals surface area (Å²) in [6.45, 7) is 0. The third-order valence-electron chi connectivity index (χ3n) is 1.75. The number of halogens is 1. The molecule has 4 heteroatoms. The first-order valence-electron chi connectivity index (χ1n) is 3.96. The third-order valence-corrected chi connectivity index (χ3v) is 3.54. The van der Waals surface area contributed by atoms with E-state index >= 15 is 0 Å². The second-order valence-corrected chi connectivity index (χ2v) is 5.52. The first kappa shape index (κ1) is 9.79. The molecule has 0 bridgehead atoms. The quantitative estimate of drug-likeness (QED) is 0.630. The highest BCUT2D eigenvalue weighted by molar-refractivity contribution is 14.1. The highest BCUT2D eigenvalue weighted by atomic mass is 127. The molecule has 0 aliphatic heterocycles. The maximum absolute atomic E-state index is 11.8. The van der Waals surface area contributed by atoms with Gasteiger partial charge in [-0.2, -0.15) is 0 Å². The lowest BCUT2D eigenvalue weighted by Gasteiger charge is -1.95. The van der Waals surface area contributed by atoms with Crippen molar-refractivity contribution in [3.63, 3.8) is 0 Å². The molecule has 0 aliphatic carbocycles. The monoisotopic (exact) mass is 315 g/mol. The molecule has 0 atom stereocenters. The summed E-state index contributed by atoms with van der Waals surface area (Å²) in [6.07, 6.45) is 3.25. The Balaban J connectivity index is 2.34. The summed E-state index contributed by atoms with van der Waals surface area (Å²) < 4.78 is 1.12. The van der Waals surface area contributed by atoms with Gasteiger partial charge in [-0.15, -0.1) is 11.3 Å². The zero-order chi connectivity index (χ0) is 9.97. The van der Waals surface area contributed by atoms with Gasteiger partial charge in [0.05, 0.1) is 2.88 Å². The van der Waals surface area contributed by atoms with E-state index in [0.29, 0.717) is 5.56 Å². The van der Waals surface area contributed by atoms with Crippen molar-refractivity contribution in [1.82, 2.24) is 4.98 Å². The summed E-state index contributed by atoms with van der Waals surface area (Å²) in [4.78, 5) is 15.7. The lowest BCUT2D eigenvalue weighted by molar-refractivity contribution is 0.103. The van der Waals surface area contributed by atoms with E-state index in [1.165, 1.54) is 0 Å². The molecule has 0 aromatic carbocycles. The van der Waals surface area contributed by atoms with Crippen LogP contribution in [0.4, 0.5) is 0 Å². The van der Waals surface area contributed by atoms with Crippen LogP contribution in [0.25, 0.3) is 0 Å². The van der Waals surface area contributed by atoms with Gasteiger partial charge < -0.3 is 0 Å². The topological polar surface area (TPSA) is 30.0 Å². The second kappa shape index (κ2) is 4.18. The van der Waals surface area contributed by atoms with E-state index in [1.807, 2.05) is 11.4 Å². The summed E-state index contributed by atoms with van der Waals surface area (Å²) in [7, 11) is 0. The molecular weight excluding hydrogens is 309 g/mol. The number of ketones is 1. The molecule has 14 heavy (non-hydrogen) atoms. The van der Waals surface area contributed by atoms with E-state index in [-0.39, 0.29) is 5.78 Å². The van der Waals surface area contributed by atoms with Crippen LogP contribution in [0.2, 0.25) is 0 Å². The van der Waals surface area contributed by atoms with Crippen molar-refractivity contribution in [1.29, 1.82) is 0 Å². The fourth-order valence-electron chi connectivity index (χ4n) is 1.09. The third kappa shape index (κ3) is 2.01. The van der Waals surface area contributed by atoms with Crippen LogP contribution >= 0.6 is 33.9 Å². The Labute approximate surface area is 99.1 Å². The number of aromatic nitrogens is 1.